The lowest BCUT2D eigenvalue weighted by Gasteiger charge is -2.09. The predicted molar refractivity (Wildman–Crippen MR) is 85.3 cm³/mol. The quantitative estimate of drug-likeness (QED) is 0.887. The van der Waals surface area contributed by atoms with E-state index in [-0.39, 0.29) is 5.56 Å². The van der Waals surface area contributed by atoms with Crippen LogP contribution in [0.5, 0.6) is 0 Å². The Kier molecular flexibility index (Phi) is 4.26. The monoisotopic (exact) mass is 324 g/mol. The molecule has 2 aromatic heterocycles. The number of nitrogens with one attached hydrogen (secondary N) is 1. The van der Waals surface area contributed by atoms with Gasteiger partial charge < -0.3 is 5.32 Å². The fourth-order valence-electron chi connectivity index (χ4n) is 2.12. The van der Waals surface area contributed by atoms with Crippen molar-refractivity contribution in [3.05, 3.63) is 37.7 Å². The molecule has 1 fully saturated rings. The zero-order valence-electron chi connectivity index (χ0n) is 11.8. The van der Waals surface area contributed by atoms with E-state index in [1.165, 1.54) is 17.5 Å². The van der Waals surface area contributed by atoms with E-state index >= 15 is 0 Å². The third kappa shape index (κ3) is 3.63. The van der Waals surface area contributed by atoms with Crippen LogP contribution in [0.3, 0.4) is 0 Å². The van der Waals surface area contributed by atoms with Gasteiger partial charge in [0, 0.05) is 30.6 Å². The lowest BCUT2D eigenvalue weighted by atomic mass is 10.3. The minimum absolute atomic E-state index is 0.135. The maximum absolute atomic E-state index is 12.3. The summed E-state index contributed by atoms with van der Waals surface area (Å²) >= 11 is 7.72. The number of thiazole rings is 1. The summed E-state index contributed by atoms with van der Waals surface area (Å²) in [5, 5.41) is 10.7. The van der Waals surface area contributed by atoms with Crippen molar-refractivity contribution in [3.63, 3.8) is 0 Å². The Morgan fingerprint density at radius 3 is 3.00 bits per heavy atom. The van der Waals surface area contributed by atoms with Crippen LogP contribution in [-0.4, -0.2) is 21.3 Å². The Hall–Kier alpha value is -1.40. The van der Waals surface area contributed by atoms with Gasteiger partial charge in [-0.3, -0.25) is 4.79 Å². The molecule has 0 aromatic carbocycles. The number of nitrogens with zero attached hydrogens (tertiary/aromatic N) is 3. The first-order valence-corrected chi connectivity index (χ1v) is 8.29. The Morgan fingerprint density at radius 1 is 1.52 bits per heavy atom. The van der Waals surface area contributed by atoms with E-state index < -0.39 is 0 Å². The Morgan fingerprint density at radius 2 is 2.33 bits per heavy atom. The second-order valence-electron chi connectivity index (χ2n) is 5.36. The van der Waals surface area contributed by atoms with Crippen molar-refractivity contribution in [2.75, 3.05) is 11.9 Å². The molecule has 21 heavy (non-hydrogen) atoms. The molecule has 0 spiro atoms. The Bertz CT molecular complexity index is 693. The normalized spacial score (nSPS) is 14.4. The van der Waals surface area contributed by atoms with E-state index in [1.54, 1.807) is 17.5 Å². The van der Waals surface area contributed by atoms with Gasteiger partial charge in [0.15, 0.2) is 0 Å². The summed E-state index contributed by atoms with van der Waals surface area (Å²) in [5.74, 6) is 0.600. The van der Waals surface area contributed by atoms with Crippen LogP contribution in [0.2, 0.25) is 5.02 Å². The van der Waals surface area contributed by atoms with Crippen LogP contribution in [-0.2, 0) is 13.0 Å². The van der Waals surface area contributed by atoms with Crippen LogP contribution in [0.25, 0.3) is 0 Å². The molecule has 2 heterocycles. The van der Waals surface area contributed by atoms with E-state index in [1.807, 2.05) is 12.3 Å². The number of halogens is 1. The number of anilines is 1. The van der Waals surface area contributed by atoms with Gasteiger partial charge in [-0.05, 0) is 25.7 Å². The minimum atomic E-state index is -0.135. The van der Waals surface area contributed by atoms with Gasteiger partial charge >= 0.3 is 0 Å². The fourth-order valence-corrected chi connectivity index (χ4v) is 3.08. The fraction of sp³-hybridized carbons (Fsp3) is 0.500. The molecule has 0 bridgehead atoms. The van der Waals surface area contributed by atoms with Crippen LogP contribution >= 0.6 is 22.9 Å². The van der Waals surface area contributed by atoms with Crippen LogP contribution < -0.4 is 10.9 Å². The summed E-state index contributed by atoms with van der Waals surface area (Å²) in [6.07, 6.45) is 4.69. The summed E-state index contributed by atoms with van der Waals surface area (Å²) in [5.41, 5.74) is 1.34. The van der Waals surface area contributed by atoms with Crippen molar-refractivity contribution in [2.24, 2.45) is 5.92 Å². The largest absolute Gasteiger partial charge is 0.379 e. The van der Waals surface area contributed by atoms with Crippen LogP contribution in [0.4, 0.5) is 5.69 Å². The second kappa shape index (κ2) is 6.15. The van der Waals surface area contributed by atoms with Crippen molar-refractivity contribution >= 4 is 28.6 Å². The second-order valence-corrected chi connectivity index (χ2v) is 6.71. The van der Waals surface area contributed by atoms with Crippen molar-refractivity contribution in [1.82, 2.24) is 14.8 Å². The molecule has 5 nitrogen and oxygen atoms in total. The van der Waals surface area contributed by atoms with Gasteiger partial charge in [0.2, 0.25) is 0 Å². The van der Waals surface area contributed by atoms with Crippen molar-refractivity contribution in [2.45, 2.75) is 32.7 Å². The molecule has 0 saturated heterocycles. The summed E-state index contributed by atoms with van der Waals surface area (Å²) in [6.45, 7) is 3.30. The summed E-state index contributed by atoms with van der Waals surface area (Å²) in [7, 11) is 0. The molecular formula is C14H17ClN4OS. The molecule has 1 N–H and O–H groups in total. The maximum atomic E-state index is 12.3. The van der Waals surface area contributed by atoms with Gasteiger partial charge in [-0.15, -0.1) is 11.3 Å². The maximum Gasteiger partial charge on any atom is 0.291 e. The van der Waals surface area contributed by atoms with Gasteiger partial charge in [-0.25, -0.2) is 9.67 Å². The van der Waals surface area contributed by atoms with E-state index in [0.29, 0.717) is 29.7 Å². The van der Waals surface area contributed by atoms with Crippen molar-refractivity contribution in [1.29, 1.82) is 0 Å². The lowest BCUT2D eigenvalue weighted by Crippen LogP contribution is -2.27. The van der Waals surface area contributed by atoms with Gasteiger partial charge in [-0.1, -0.05) is 11.6 Å². The van der Waals surface area contributed by atoms with Crippen molar-refractivity contribution in [3.8, 4) is 0 Å². The summed E-state index contributed by atoms with van der Waals surface area (Å²) in [4.78, 5) is 16.7. The minimum Gasteiger partial charge on any atom is -0.379 e. The average Bonchev–Trinajstić information content (AvgIpc) is 3.18. The average molecular weight is 325 g/mol. The first-order valence-electron chi connectivity index (χ1n) is 7.04. The molecule has 7 heteroatoms. The number of aromatic nitrogens is 3. The van der Waals surface area contributed by atoms with Crippen LogP contribution in [0, 0.1) is 12.8 Å². The van der Waals surface area contributed by atoms with E-state index in [9.17, 15) is 4.79 Å². The van der Waals surface area contributed by atoms with E-state index in [4.69, 9.17) is 11.6 Å². The zero-order valence-corrected chi connectivity index (χ0v) is 13.4. The highest BCUT2D eigenvalue weighted by Crippen LogP contribution is 2.30. The first-order chi connectivity index (χ1) is 10.1. The smallest absolute Gasteiger partial charge is 0.291 e. The molecule has 1 aliphatic carbocycles. The number of hydrogen-bond acceptors (Lipinski definition) is 5. The Labute approximate surface area is 132 Å². The standard InChI is InChI=1S/C14H17ClN4OS/c1-9-8-21-12(18-9)4-5-16-13-11(15)6-17-19(14(13)20)7-10-2-3-10/h6,8,10,16H,2-5,7H2,1H3. The van der Waals surface area contributed by atoms with Crippen molar-refractivity contribution < 1.29 is 0 Å². The third-order valence-electron chi connectivity index (χ3n) is 3.43. The van der Waals surface area contributed by atoms with Gasteiger partial charge in [0.1, 0.15) is 5.69 Å². The molecule has 112 valence electrons. The highest BCUT2D eigenvalue weighted by atomic mass is 35.5. The molecule has 0 unspecified atom stereocenters. The summed E-state index contributed by atoms with van der Waals surface area (Å²) in [6, 6.07) is 0. The van der Waals surface area contributed by atoms with E-state index in [2.05, 4.69) is 15.4 Å². The third-order valence-corrected chi connectivity index (χ3v) is 4.75. The van der Waals surface area contributed by atoms with Gasteiger partial charge in [0.25, 0.3) is 5.56 Å². The topological polar surface area (TPSA) is 59.8 Å². The van der Waals surface area contributed by atoms with Gasteiger partial charge in [0.05, 0.1) is 16.2 Å². The number of hydrogen-bond donors (Lipinski definition) is 1. The SMILES string of the molecule is Cc1csc(CCNc2c(Cl)cnn(CC3CC3)c2=O)n1. The van der Waals surface area contributed by atoms with E-state index in [0.717, 1.165) is 17.1 Å². The summed E-state index contributed by atoms with van der Waals surface area (Å²) < 4.78 is 1.51. The molecular weight excluding hydrogens is 308 g/mol. The molecule has 0 radical (unpaired) electrons. The molecule has 0 aliphatic heterocycles. The molecule has 1 saturated carbocycles. The van der Waals surface area contributed by atoms with Crippen LogP contribution in [0.1, 0.15) is 23.5 Å². The molecule has 0 amide bonds. The molecule has 3 rings (SSSR count). The highest BCUT2D eigenvalue weighted by molar-refractivity contribution is 7.09. The molecule has 0 atom stereocenters. The highest BCUT2D eigenvalue weighted by Gasteiger charge is 2.23. The molecule has 1 aliphatic rings. The van der Waals surface area contributed by atoms with Gasteiger partial charge in [-0.2, -0.15) is 5.10 Å². The van der Waals surface area contributed by atoms with Crippen LogP contribution in [0.15, 0.2) is 16.4 Å². The molecule has 2 aromatic rings. The Balaban J connectivity index is 1.67. The number of aryl methyl sites for hydroxylation is 1. The first kappa shape index (κ1) is 14.5. The predicted octanol–water partition coefficient (Wildman–Crippen LogP) is 2.73. The zero-order chi connectivity index (χ0) is 14.8. The lowest BCUT2D eigenvalue weighted by molar-refractivity contribution is 0.534. The number of rotatable bonds is 6.